The molecule has 1 aromatic carbocycles. The Hall–Kier alpha value is -0.360. The summed E-state index contributed by atoms with van der Waals surface area (Å²) in [5.41, 5.74) is 1.04. The van der Waals surface area contributed by atoms with Crippen molar-refractivity contribution in [1.82, 2.24) is 4.90 Å². The van der Waals surface area contributed by atoms with Crippen molar-refractivity contribution < 1.29 is 4.39 Å². The molecule has 0 atom stereocenters. The summed E-state index contributed by atoms with van der Waals surface area (Å²) < 4.78 is 13.8. The maximum Gasteiger partial charge on any atom is 0.124 e. The van der Waals surface area contributed by atoms with E-state index in [4.69, 9.17) is 0 Å². The van der Waals surface area contributed by atoms with Crippen molar-refractivity contribution in [2.45, 2.75) is 19.3 Å². The fraction of sp³-hybridized carbons (Fsp3) is 0.538. The molecule has 1 aliphatic heterocycles. The van der Waals surface area contributed by atoms with Crippen LogP contribution >= 0.6 is 22.6 Å². The molecular formula is C13H18FIN2. The normalized spacial score (nSPS) is 16.4. The van der Waals surface area contributed by atoms with Gasteiger partial charge in [-0.25, -0.2) is 4.39 Å². The number of rotatable bonds is 5. The molecule has 17 heavy (non-hydrogen) atoms. The van der Waals surface area contributed by atoms with Crippen LogP contribution in [0, 0.1) is 9.39 Å². The van der Waals surface area contributed by atoms with Crippen LogP contribution < -0.4 is 5.32 Å². The van der Waals surface area contributed by atoms with Crippen molar-refractivity contribution in [3.8, 4) is 0 Å². The Kier molecular flexibility index (Phi) is 5.03. The molecule has 4 heteroatoms. The van der Waals surface area contributed by atoms with Gasteiger partial charge in [0.05, 0.1) is 0 Å². The van der Waals surface area contributed by atoms with E-state index in [1.54, 1.807) is 6.07 Å². The zero-order chi connectivity index (χ0) is 12.1. The number of hydrogen-bond acceptors (Lipinski definition) is 2. The Balaban J connectivity index is 1.70. The van der Waals surface area contributed by atoms with E-state index >= 15 is 0 Å². The van der Waals surface area contributed by atoms with E-state index in [1.165, 1.54) is 38.5 Å². The van der Waals surface area contributed by atoms with Gasteiger partial charge >= 0.3 is 0 Å². The SMILES string of the molecule is Fc1ccc(NCCCN2CCCC2)c(I)c1. The molecule has 1 N–H and O–H groups in total. The molecular weight excluding hydrogens is 330 g/mol. The van der Waals surface area contributed by atoms with Crippen LogP contribution in [0.5, 0.6) is 0 Å². The molecule has 0 saturated carbocycles. The highest BCUT2D eigenvalue weighted by molar-refractivity contribution is 14.1. The van der Waals surface area contributed by atoms with Crippen LogP contribution in [0.4, 0.5) is 10.1 Å². The van der Waals surface area contributed by atoms with Crippen molar-refractivity contribution in [2.75, 3.05) is 31.5 Å². The summed E-state index contributed by atoms with van der Waals surface area (Å²) >= 11 is 2.16. The number of benzene rings is 1. The minimum atomic E-state index is -0.169. The van der Waals surface area contributed by atoms with Gasteiger partial charge in [0.25, 0.3) is 0 Å². The zero-order valence-corrected chi connectivity index (χ0v) is 12.0. The average Bonchev–Trinajstić information content (AvgIpc) is 2.79. The summed E-state index contributed by atoms with van der Waals surface area (Å²) in [5.74, 6) is -0.169. The molecule has 0 aromatic heterocycles. The Morgan fingerprint density at radius 2 is 2.06 bits per heavy atom. The summed E-state index contributed by atoms with van der Waals surface area (Å²) in [7, 11) is 0. The highest BCUT2D eigenvalue weighted by Crippen LogP contribution is 2.18. The third-order valence-corrected chi connectivity index (χ3v) is 3.99. The van der Waals surface area contributed by atoms with Crippen molar-refractivity contribution in [1.29, 1.82) is 0 Å². The average molecular weight is 348 g/mol. The van der Waals surface area contributed by atoms with Gasteiger partial charge in [0.15, 0.2) is 0 Å². The molecule has 0 unspecified atom stereocenters. The van der Waals surface area contributed by atoms with Crippen LogP contribution in [-0.4, -0.2) is 31.1 Å². The number of halogens is 2. The van der Waals surface area contributed by atoms with Gasteiger partial charge in [-0.15, -0.1) is 0 Å². The zero-order valence-electron chi connectivity index (χ0n) is 9.88. The Labute approximate surface area is 116 Å². The fourth-order valence-electron chi connectivity index (χ4n) is 2.16. The van der Waals surface area contributed by atoms with Crippen molar-refractivity contribution in [2.24, 2.45) is 0 Å². The molecule has 2 nitrogen and oxygen atoms in total. The van der Waals surface area contributed by atoms with Crippen LogP contribution in [-0.2, 0) is 0 Å². The van der Waals surface area contributed by atoms with E-state index in [0.717, 1.165) is 22.2 Å². The van der Waals surface area contributed by atoms with Gasteiger partial charge in [0, 0.05) is 15.8 Å². The summed E-state index contributed by atoms with van der Waals surface area (Å²) in [4.78, 5) is 2.51. The maximum absolute atomic E-state index is 12.9. The third-order valence-electron chi connectivity index (χ3n) is 3.10. The molecule has 1 saturated heterocycles. The second kappa shape index (κ2) is 6.54. The first-order valence-electron chi connectivity index (χ1n) is 6.17. The molecule has 0 aliphatic carbocycles. The van der Waals surface area contributed by atoms with E-state index in [9.17, 15) is 4.39 Å². The van der Waals surface area contributed by atoms with Crippen LogP contribution in [0.3, 0.4) is 0 Å². The Morgan fingerprint density at radius 1 is 1.29 bits per heavy atom. The van der Waals surface area contributed by atoms with E-state index < -0.39 is 0 Å². The molecule has 0 amide bonds. The lowest BCUT2D eigenvalue weighted by molar-refractivity contribution is 0.337. The fourth-order valence-corrected chi connectivity index (χ4v) is 2.83. The molecule has 0 radical (unpaired) electrons. The first-order valence-corrected chi connectivity index (χ1v) is 7.25. The van der Waals surface area contributed by atoms with Gasteiger partial charge in [-0.1, -0.05) is 0 Å². The third kappa shape index (κ3) is 4.10. The summed E-state index contributed by atoms with van der Waals surface area (Å²) in [5, 5.41) is 3.36. The number of hydrogen-bond donors (Lipinski definition) is 1. The van der Waals surface area contributed by atoms with Gasteiger partial charge in [-0.2, -0.15) is 0 Å². The predicted molar refractivity (Wildman–Crippen MR) is 77.9 cm³/mol. The molecule has 2 rings (SSSR count). The highest BCUT2D eigenvalue weighted by Gasteiger charge is 2.10. The van der Waals surface area contributed by atoms with Crippen molar-refractivity contribution in [3.63, 3.8) is 0 Å². The predicted octanol–water partition coefficient (Wildman–Crippen LogP) is 3.33. The maximum atomic E-state index is 12.9. The molecule has 1 aliphatic rings. The van der Waals surface area contributed by atoms with Crippen LogP contribution in [0.1, 0.15) is 19.3 Å². The lowest BCUT2D eigenvalue weighted by atomic mass is 10.3. The topological polar surface area (TPSA) is 15.3 Å². The van der Waals surface area contributed by atoms with Crippen molar-refractivity contribution in [3.05, 3.63) is 27.6 Å². The number of likely N-dealkylation sites (tertiary alicyclic amines) is 1. The molecule has 0 bridgehead atoms. The molecule has 1 aromatic rings. The first-order chi connectivity index (χ1) is 8.25. The summed E-state index contributed by atoms with van der Waals surface area (Å²) in [6.45, 7) is 4.64. The highest BCUT2D eigenvalue weighted by atomic mass is 127. The summed E-state index contributed by atoms with van der Waals surface area (Å²) in [6, 6.07) is 4.88. The van der Waals surface area contributed by atoms with Gasteiger partial charge in [0.1, 0.15) is 5.82 Å². The second-order valence-corrected chi connectivity index (χ2v) is 5.62. The van der Waals surface area contributed by atoms with Gasteiger partial charge in [-0.05, 0) is 79.7 Å². The van der Waals surface area contributed by atoms with Crippen LogP contribution in [0.25, 0.3) is 0 Å². The minimum Gasteiger partial charge on any atom is -0.384 e. The smallest absolute Gasteiger partial charge is 0.124 e. The number of nitrogens with one attached hydrogen (secondary N) is 1. The van der Waals surface area contributed by atoms with Gasteiger partial charge < -0.3 is 10.2 Å². The van der Waals surface area contributed by atoms with E-state index in [0.29, 0.717) is 0 Å². The monoisotopic (exact) mass is 348 g/mol. The molecule has 1 fully saturated rings. The Bertz CT molecular complexity index is 364. The van der Waals surface area contributed by atoms with Crippen molar-refractivity contribution >= 4 is 28.3 Å². The first kappa shape index (κ1) is 13.1. The van der Waals surface area contributed by atoms with Gasteiger partial charge in [0.2, 0.25) is 0 Å². The summed E-state index contributed by atoms with van der Waals surface area (Å²) in [6.07, 6.45) is 3.85. The number of anilines is 1. The molecule has 1 heterocycles. The number of nitrogens with zero attached hydrogens (tertiary/aromatic N) is 1. The van der Waals surface area contributed by atoms with E-state index in [1.807, 2.05) is 6.07 Å². The molecule has 94 valence electrons. The lowest BCUT2D eigenvalue weighted by Crippen LogP contribution is -2.22. The van der Waals surface area contributed by atoms with E-state index in [2.05, 4.69) is 32.8 Å². The Morgan fingerprint density at radius 3 is 2.76 bits per heavy atom. The van der Waals surface area contributed by atoms with Crippen LogP contribution in [0.15, 0.2) is 18.2 Å². The van der Waals surface area contributed by atoms with Crippen LogP contribution in [0.2, 0.25) is 0 Å². The quantitative estimate of drug-likeness (QED) is 0.649. The lowest BCUT2D eigenvalue weighted by Gasteiger charge is -2.15. The van der Waals surface area contributed by atoms with E-state index in [-0.39, 0.29) is 5.82 Å². The second-order valence-electron chi connectivity index (χ2n) is 4.45. The largest absolute Gasteiger partial charge is 0.384 e. The molecule has 0 spiro atoms. The minimum absolute atomic E-state index is 0.169. The van der Waals surface area contributed by atoms with Gasteiger partial charge in [-0.3, -0.25) is 0 Å². The standard InChI is InChI=1S/C13H18FIN2/c14-11-4-5-13(12(15)10-11)16-6-3-9-17-7-1-2-8-17/h4-5,10,16H,1-3,6-9H2.